The van der Waals surface area contributed by atoms with Crippen LogP contribution < -0.4 is 4.74 Å². The first-order valence-electron chi connectivity index (χ1n) is 4.71. The van der Waals surface area contributed by atoms with Crippen LogP contribution >= 0.6 is 0 Å². The van der Waals surface area contributed by atoms with E-state index < -0.39 is 0 Å². The third kappa shape index (κ3) is 3.89. The zero-order chi connectivity index (χ0) is 10.9. The largest absolute Gasteiger partial charge is 0.493 e. The summed E-state index contributed by atoms with van der Waals surface area (Å²) in [6.07, 6.45) is 0.567. The number of ether oxygens (including phenoxy) is 1. The van der Waals surface area contributed by atoms with Crippen molar-refractivity contribution in [1.29, 1.82) is 0 Å². The molecule has 0 bridgehead atoms. The van der Waals surface area contributed by atoms with E-state index in [4.69, 9.17) is 15.4 Å². The van der Waals surface area contributed by atoms with Crippen LogP contribution in [-0.4, -0.2) is 24.9 Å². The number of aliphatic hydroxyl groups is 1. The Morgan fingerprint density at radius 2 is 2.20 bits per heavy atom. The molecule has 80 valence electrons. The molecule has 0 amide bonds. The van der Waals surface area contributed by atoms with Crippen molar-refractivity contribution in [3.05, 3.63) is 40.3 Å². The van der Waals surface area contributed by atoms with Gasteiger partial charge in [0.05, 0.1) is 13.2 Å². The van der Waals surface area contributed by atoms with Crippen molar-refractivity contribution < 1.29 is 9.84 Å². The SMILES string of the molecule is [N-]=[N+]=NCCOc1ccccc1CCO. The fraction of sp³-hybridized carbons (Fsp3) is 0.400. The number of rotatable bonds is 6. The van der Waals surface area contributed by atoms with Crippen LogP contribution in [-0.2, 0) is 6.42 Å². The van der Waals surface area contributed by atoms with Gasteiger partial charge in [-0.3, -0.25) is 0 Å². The Balaban J connectivity index is 2.54. The molecule has 0 unspecified atom stereocenters. The molecule has 1 aromatic rings. The van der Waals surface area contributed by atoms with Gasteiger partial charge in [-0.2, -0.15) is 0 Å². The Bertz CT molecular complexity index is 348. The number of nitrogens with zero attached hydrogens (tertiary/aromatic N) is 3. The van der Waals surface area contributed by atoms with Crippen LogP contribution in [0.25, 0.3) is 10.4 Å². The molecule has 0 aliphatic heterocycles. The lowest BCUT2D eigenvalue weighted by Gasteiger charge is -2.09. The predicted octanol–water partition coefficient (Wildman–Crippen LogP) is 1.91. The molecule has 15 heavy (non-hydrogen) atoms. The molecule has 1 N–H and O–H groups in total. The first-order chi connectivity index (χ1) is 7.38. The molecule has 0 heterocycles. The van der Waals surface area contributed by atoms with Crippen molar-refractivity contribution in [3.63, 3.8) is 0 Å². The molecule has 0 aliphatic carbocycles. The average molecular weight is 207 g/mol. The fourth-order valence-electron chi connectivity index (χ4n) is 1.21. The van der Waals surface area contributed by atoms with E-state index in [1.54, 1.807) is 0 Å². The van der Waals surface area contributed by atoms with E-state index in [2.05, 4.69) is 10.0 Å². The van der Waals surface area contributed by atoms with Gasteiger partial charge in [-0.05, 0) is 23.6 Å². The Hall–Kier alpha value is -1.71. The predicted molar refractivity (Wildman–Crippen MR) is 56.7 cm³/mol. The summed E-state index contributed by atoms with van der Waals surface area (Å²) in [7, 11) is 0. The summed E-state index contributed by atoms with van der Waals surface area (Å²) in [6.45, 7) is 0.757. The minimum absolute atomic E-state index is 0.0940. The molecule has 1 rings (SSSR count). The van der Waals surface area contributed by atoms with E-state index in [0.29, 0.717) is 19.6 Å². The summed E-state index contributed by atoms with van der Waals surface area (Å²) in [5, 5.41) is 12.2. The van der Waals surface area contributed by atoms with Crippen LogP contribution in [0.3, 0.4) is 0 Å². The molecule has 5 heteroatoms. The zero-order valence-electron chi connectivity index (χ0n) is 8.33. The second kappa shape index (κ2) is 6.70. The molecule has 0 aliphatic rings. The minimum Gasteiger partial charge on any atom is -0.493 e. The van der Waals surface area contributed by atoms with Gasteiger partial charge in [0.2, 0.25) is 0 Å². The second-order valence-electron chi connectivity index (χ2n) is 2.88. The first kappa shape index (κ1) is 11.4. The van der Waals surface area contributed by atoms with Gasteiger partial charge in [0, 0.05) is 11.5 Å². The van der Waals surface area contributed by atoms with E-state index in [-0.39, 0.29) is 6.61 Å². The molecule has 1 aromatic carbocycles. The smallest absolute Gasteiger partial charge is 0.122 e. The van der Waals surface area contributed by atoms with Crippen LogP contribution in [0.1, 0.15) is 5.56 Å². The van der Waals surface area contributed by atoms with Gasteiger partial charge in [0.25, 0.3) is 0 Å². The van der Waals surface area contributed by atoms with Crippen LogP contribution in [0.5, 0.6) is 5.75 Å². The summed E-state index contributed by atoms with van der Waals surface area (Å²) in [6, 6.07) is 7.50. The van der Waals surface area contributed by atoms with Gasteiger partial charge in [0.1, 0.15) is 5.75 Å². The normalized spacial score (nSPS) is 9.40. The van der Waals surface area contributed by atoms with E-state index in [1.165, 1.54) is 0 Å². The van der Waals surface area contributed by atoms with Gasteiger partial charge in [0.15, 0.2) is 0 Å². The molecule has 0 spiro atoms. The molecular weight excluding hydrogens is 194 g/mol. The maximum atomic E-state index is 8.83. The number of aliphatic hydroxyl groups excluding tert-OH is 1. The third-order valence-electron chi connectivity index (χ3n) is 1.87. The molecule has 0 aromatic heterocycles. The first-order valence-corrected chi connectivity index (χ1v) is 4.71. The standard InChI is InChI=1S/C10H13N3O2/c11-13-12-6-8-15-10-4-2-1-3-9(10)5-7-14/h1-4,14H,5-8H2. The van der Waals surface area contributed by atoms with E-state index in [9.17, 15) is 0 Å². The van der Waals surface area contributed by atoms with Crippen LogP contribution in [0.15, 0.2) is 29.4 Å². The van der Waals surface area contributed by atoms with E-state index in [1.807, 2.05) is 24.3 Å². The average Bonchev–Trinajstić information content (AvgIpc) is 2.27. The van der Waals surface area contributed by atoms with Gasteiger partial charge < -0.3 is 9.84 Å². The van der Waals surface area contributed by atoms with Crippen molar-refractivity contribution in [3.8, 4) is 5.75 Å². The van der Waals surface area contributed by atoms with E-state index in [0.717, 1.165) is 11.3 Å². The maximum Gasteiger partial charge on any atom is 0.122 e. The number of hydrogen-bond acceptors (Lipinski definition) is 3. The molecule has 0 radical (unpaired) electrons. The Morgan fingerprint density at radius 3 is 2.93 bits per heavy atom. The summed E-state index contributed by atoms with van der Waals surface area (Å²) in [4.78, 5) is 2.63. The summed E-state index contributed by atoms with van der Waals surface area (Å²) >= 11 is 0. The van der Waals surface area contributed by atoms with Crippen molar-refractivity contribution in [1.82, 2.24) is 0 Å². The highest BCUT2D eigenvalue weighted by molar-refractivity contribution is 5.33. The van der Waals surface area contributed by atoms with Gasteiger partial charge in [-0.1, -0.05) is 23.3 Å². The molecule has 0 atom stereocenters. The minimum atomic E-state index is 0.0940. The van der Waals surface area contributed by atoms with Gasteiger partial charge in [-0.25, -0.2) is 0 Å². The second-order valence-corrected chi connectivity index (χ2v) is 2.88. The van der Waals surface area contributed by atoms with Crippen molar-refractivity contribution >= 4 is 0 Å². The fourth-order valence-corrected chi connectivity index (χ4v) is 1.21. The lowest BCUT2D eigenvalue weighted by molar-refractivity contribution is 0.291. The van der Waals surface area contributed by atoms with Gasteiger partial charge >= 0.3 is 0 Å². The highest BCUT2D eigenvalue weighted by Crippen LogP contribution is 2.17. The van der Waals surface area contributed by atoms with Crippen LogP contribution in [0, 0.1) is 0 Å². The summed E-state index contributed by atoms with van der Waals surface area (Å²) < 4.78 is 5.42. The Labute approximate surface area is 87.9 Å². The highest BCUT2D eigenvalue weighted by atomic mass is 16.5. The third-order valence-corrected chi connectivity index (χ3v) is 1.87. The number of benzene rings is 1. The van der Waals surface area contributed by atoms with Gasteiger partial charge in [-0.15, -0.1) is 0 Å². The zero-order valence-corrected chi connectivity index (χ0v) is 8.33. The molecule has 0 saturated carbocycles. The van der Waals surface area contributed by atoms with Crippen LogP contribution in [0.2, 0.25) is 0 Å². The molecular formula is C10H13N3O2. The number of azide groups is 1. The quantitative estimate of drug-likeness (QED) is 0.334. The number of hydrogen-bond donors (Lipinski definition) is 1. The van der Waals surface area contributed by atoms with Crippen molar-refractivity contribution in [2.45, 2.75) is 6.42 Å². The molecule has 0 fully saturated rings. The van der Waals surface area contributed by atoms with Crippen LogP contribution in [0.4, 0.5) is 0 Å². The lowest BCUT2D eigenvalue weighted by Crippen LogP contribution is -2.03. The Morgan fingerprint density at radius 1 is 1.40 bits per heavy atom. The molecule has 0 saturated heterocycles. The Kier molecular flexibility index (Phi) is 5.08. The monoisotopic (exact) mass is 207 g/mol. The molecule has 5 nitrogen and oxygen atoms in total. The lowest BCUT2D eigenvalue weighted by atomic mass is 10.1. The van der Waals surface area contributed by atoms with Crippen molar-refractivity contribution in [2.24, 2.45) is 5.11 Å². The highest BCUT2D eigenvalue weighted by Gasteiger charge is 2.00. The van der Waals surface area contributed by atoms with Crippen molar-refractivity contribution in [2.75, 3.05) is 19.8 Å². The number of para-hydroxylation sites is 1. The maximum absolute atomic E-state index is 8.83. The summed E-state index contributed by atoms with van der Waals surface area (Å²) in [5.74, 6) is 0.736. The summed E-state index contributed by atoms with van der Waals surface area (Å²) in [5.41, 5.74) is 9.03. The van der Waals surface area contributed by atoms with E-state index >= 15 is 0 Å². The topological polar surface area (TPSA) is 78.2 Å².